The molecule has 2 aliphatic rings. The number of fused-ring (bicyclic) bond motifs is 1. The highest BCUT2D eigenvalue weighted by molar-refractivity contribution is 8.03. The van der Waals surface area contributed by atoms with Crippen molar-refractivity contribution in [2.24, 2.45) is 10.9 Å². The second-order valence-electron chi connectivity index (χ2n) is 6.10. The van der Waals surface area contributed by atoms with Crippen molar-refractivity contribution in [2.75, 3.05) is 25.2 Å². The Balaban J connectivity index is 1.86. The molecule has 0 fully saturated rings. The summed E-state index contributed by atoms with van der Waals surface area (Å²) in [6.07, 6.45) is 4.96. The summed E-state index contributed by atoms with van der Waals surface area (Å²) in [5, 5.41) is 5.07. The summed E-state index contributed by atoms with van der Waals surface area (Å²) in [5.41, 5.74) is 0.933. The maximum atomic E-state index is 12.8. The number of rotatable bonds is 6. The number of urea groups is 1. The van der Waals surface area contributed by atoms with Crippen LogP contribution in [0.15, 0.2) is 27.0 Å². The monoisotopic (exact) mass is 406 g/mol. The number of thioether (sulfide) groups is 1. The lowest BCUT2D eigenvalue weighted by Gasteiger charge is -2.28. The van der Waals surface area contributed by atoms with Crippen molar-refractivity contribution >= 4 is 58.1 Å². The summed E-state index contributed by atoms with van der Waals surface area (Å²) in [5.74, 6) is -0.605. The van der Waals surface area contributed by atoms with Gasteiger partial charge in [-0.05, 0) is 12.0 Å². The third kappa shape index (κ3) is 3.86. The number of dihydropyridines is 1. The number of allylic oxidation sites excluding steroid dienone is 1. The van der Waals surface area contributed by atoms with Gasteiger partial charge in [-0.2, -0.15) is 9.48 Å². The van der Waals surface area contributed by atoms with Crippen LogP contribution in [0.4, 0.5) is 9.93 Å². The minimum absolute atomic E-state index is 0.147. The summed E-state index contributed by atoms with van der Waals surface area (Å²) in [6, 6.07) is -0.409. The van der Waals surface area contributed by atoms with Crippen LogP contribution in [0.2, 0.25) is 0 Å². The predicted molar refractivity (Wildman–Crippen MR) is 106 cm³/mol. The highest BCUT2D eigenvalue weighted by atomic mass is 32.2. The van der Waals surface area contributed by atoms with Gasteiger partial charge in [0, 0.05) is 16.5 Å². The molecule has 0 bridgehead atoms. The number of aliphatic imine (C=N–C) groups is 1. The van der Waals surface area contributed by atoms with Crippen LogP contribution in [0.1, 0.15) is 19.8 Å². The number of aromatic nitrogens is 1. The fraction of sp³-hybridized carbons (Fsp3) is 0.412. The van der Waals surface area contributed by atoms with E-state index in [2.05, 4.69) is 15.3 Å². The minimum Gasteiger partial charge on any atom is -0.301 e. The normalized spacial score (nSPS) is 19.7. The van der Waals surface area contributed by atoms with Gasteiger partial charge in [-0.25, -0.2) is 9.78 Å². The van der Waals surface area contributed by atoms with Gasteiger partial charge in [0.15, 0.2) is 11.0 Å². The Labute approximate surface area is 165 Å². The number of imide groups is 1. The van der Waals surface area contributed by atoms with Crippen LogP contribution in [-0.4, -0.2) is 64.2 Å². The van der Waals surface area contributed by atoms with Crippen LogP contribution in [0.5, 0.6) is 0 Å². The zero-order chi connectivity index (χ0) is 19.6. The van der Waals surface area contributed by atoms with Gasteiger partial charge < -0.3 is 5.32 Å². The molecule has 1 unspecified atom stereocenters. The molecule has 0 spiro atoms. The summed E-state index contributed by atoms with van der Waals surface area (Å²) >= 11 is 2.66. The molecular formula is C17H20N5O3S2+. The molecular weight excluding hydrogens is 386 g/mol. The Morgan fingerprint density at radius 1 is 1.44 bits per heavy atom. The fourth-order valence-corrected chi connectivity index (χ4v) is 4.53. The molecule has 3 heterocycles. The van der Waals surface area contributed by atoms with E-state index in [9.17, 15) is 14.4 Å². The number of thiazole rings is 1. The summed E-state index contributed by atoms with van der Waals surface area (Å²) < 4.78 is 1.39. The minimum atomic E-state index is -0.651. The number of hydrogen-bond donors (Lipinski definition) is 1. The Bertz CT molecular complexity index is 873. The first-order valence-corrected chi connectivity index (χ1v) is 10.3. The van der Waals surface area contributed by atoms with Gasteiger partial charge in [0.05, 0.1) is 19.8 Å². The Kier molecular flexibility index (Phi) is 5.85. The number of carbonyl (C=O) groups excluding carboxylic acids is 3. The first kappa shape index (κ1) is 19.4. The SMILES string of the molecule is CCCC1=C(SCC(=O)Nc2nccs2)C2C(=O)N(C)C(=O)[N+](C)=C2N=C1. The van der Waals surface area contributed by atoms with Gasteiger partial charge in [-0.3, -0.25) is 9.59 Å². The van der Waals surface area contributed by atoms with Crippen molar-refractivity contribution in [3.8, 4) is 0 Å². The molecule has 0 saturated carbocycles. The molecule has 1 atom stereocenters. The number of hydrogen-bond acceptors (Lipinski definition) is 7. The molecule has 4 amide bonds. The van der Waals surface area contributed by atoms with Crippen molar-refractivity contribution in [1.82, 2.24) is 9.88 Å². The number of amidine groups is 1. The lowest BCUT2D eigenvalue weighted by Crippen LogP contribution is -2.52. The molecule has 0 aliphatic carbocycles. The number of nitrogens with one attached hydrogen (secondary N) is 1. The molecule has 142 valence electrons. The zero-order valence-corrected chi connectivity index (χ0v) is 16.9. The second kappa shape index (κ2) is 8.13. The van der Waals surface area contributed by atoms with Crippen LogP contribution in [-0.2, 0) is 9.59 Å². The van der Waals surface area contributed by atoms with E-state index in [0.717, 1.165) is 28.2 Å². The first-order chi connectivity index (χ1) is 12.9. The van der Waals surface area contributed by atoms with Crippen LogP contribution in [0, 0.1) is 5.92 Å². The number of carbonyl (C=O) groups is 3. The molecule has 27 heavy (non-hydrogen) atoms. The molecule has 8 nitrogen and oxygen atoms in total. The molecule has 0 radical (unpaired) electrons. The van der Waals surface area contributed by atoms with Crippen molar-refractivity contribution in [2.45, 2.75) is 19.8 Å². The smallest absolute Gasteiger partial charge is 0.301 e. The standard InChI is InChI=1S/C17H19N5O3S2/c1-4-5-10-8-19-14-12(15(24)22(3)17(25)21(14)2)13(10)27-9-11(23)20-16-18-6-7-26-16/h6-8,12H,4-5,9H2,1-3H3/p+1. The van der Waals surface area contributed by atoms with E-state index >= 15 is 0 Å². The Hall–Kier alpha value is -2.33. The third-order valence-electron chi connectivity index (χ3n) is 4.24. The van der Waals surface area contributed by atoms with Crippen LogP contribution >= 0.6 is 23.1 Å². The van der Waals surface area contributed by atoms with Gasteiger partial charge in [-0.1, -0.05) is 13.3 Å². The van der Waals surface area contributed by atoms with Crippen LogP contribution in [0.25, 0.3) is 0 Å². The molecule has 3 rings (SSSR count). The van der Waals surface area contributed by atoms with Gasteiger partial charge in [-0.15, -0.1) is 28.1 Å². The van der Waals surface area contributed by atoms with Crippen molar-refractivity contribution in [3.05, 3.63) is 22.1 Å². The molecule has 0 aromatic carbocycles. The number of nitrogens with zero attached hydrogens (tertiary/aromatic N) is 4. The summed E-state index contributed by atoms with van der Waals surface area (Å²) in [7, 11) is 3.07. The lowest BCUT2D eigenvalue weighted by molar-refractivity contribution is -0.407. The topological polar surface area (TPSA) is 94.7 Å². The molecule has 1 aromatic heterocycles. The quantitative estimate of drug-likeness (QED) is 0.731. The first-order valence-electron chi connectivity index (χ1n) is 8.45. The molecule has 10 heteroatoms. The largest absolute Gasteiger partial charge is 0.445 e. The third-order valence-corrected chi connectivity index (χ3v) is 6.15. The van der Waals surface area contributed by atoms with Crippen molar-refractivity contribution in [1.29, 1.82) is 0 Å². The van der Waals surface area contributed by atoms with E-state index < -0.39 is 11.9 Å². The van der Waals surface area contributed by atoms with E-state index in [1.165, 1.54) is 34.7 Å². The summed E-state index contributed by atoms with van der Waals surface area (Å²) in [6.45, 7) is 2.04. The molecule has 2 aliphatic heterocycles. The van der Waals surface area contributed by atoms with E-state index in [1.807, 2.05) is 6.92 Å². The van der Waals surface area contributed by atoms with Gasteiger partial charge in [0.1, 0.15) is 6.21 Å². The van der Waals surface area contributed by atoms with Crippen LogP contribution < -0.4 is 5.32 Å². The van der Waals surface area contributed by atoms with Crippen molar-refractivity contribution < 1.29 is 19.0 Å². The van der Waals surface area contributed by atoms with E-state index in [4.69, 9.17) is 0 Å². The molecule has 1 N–H and O–H groups in total. The highest BCUT2D eigenvalue weighted by Gasteiger charge is 2.48. The summed E-state index contributed by atoms with van der Waals surface area (Å²) in [4.78, 5) is 47.5. The Morgan fingerprint density at radius 3 is 2.89 bits per heavy atom. The lowest BCUT2D eigenvalue weighted by atomic mass is 9.96. The van der Waals surface area contributed by atoms with E-state index in [1.54, 1.807) is 24.8 Å². The highest BCUT2D eigenvalue weighted by Crippen LogP contribution is 2.36. The number of anilines is 1. The molecule has 0 saturated heterocycles. The van der Waals surface area contributed by atoms with Crippen LogP contribution in [0.3, 0.4) is 0 Å². The van der Waals surface area contributed by atoms with Gasteiger partial charge in [0.2, 0.25) is 5.91 Å². The second-order valence-corrected chi connectivity index (χ2v) is 8.01. The van der Waals surface area contributed by atoms with E-state index in [0.29, 0.717) is 11.0 Å². The van der Waals surface area contributed by atoms with Gasteiger partial charge >= 0.3 is 11.9 Å². The predicted octanol–water partition coefficient (Wildman–Crippen LogP) is 2.20. The van der Waals surface area contributed by atoms with E-state index in [-0.39, 0.29) is 17.6 Å². The fourth-order valence-electron chi connectivity index (χ4n) is 2.92. The molecule has 1 aromatic rings. The van der Waals surface area contributed by atoms with Gasteiger partial charge in [0.25, 0.3) is 5.84 Å². The zero-order valence-electron chi connectivity index (χ0n) is 15.3. The average molecular weight is 407 g/mol. The van der Waals surface area contributed by atoms with Crippen molar-refractivity contribution in [3.63, 3.8) is 0 Å². The number of amides is 4. The maximum absolute atomic E-state index is 12.8. The maximum Gasteiger partial charge on any atom is 0.445 e. The Morgan fingerprint density at radius 2 is 2.22 bits per heavy atom. The average Bonchev–Trinajstić information content (AvgIpc) is 3.16.